The maximum absolute atomic E-state index is 12.9. The minimum absolute atomic E-state index is 0. The summed E-state index contributed by atoms with van der Waals surface area (Å²) in [5.41, 5.74) is 6.69. The van der Waals surface area contributed by atoms with E-state index < -0.39 is 18.2 Å². The predicted molar refractivity (Wildman–Crippen MR) is 139 cm³/mol. The minimum atomic E-state index is -0.905. The Morgan fingerprint density at radius 1 is 1.03 bits per heavy atom. The van der Waals surface area contributed by atoms with Crippen LogP contribution in [0.2, 0.25) is 0 Å². The number of methoxy groups -OCH3 is 2. The minimum Gasteiger partial charge on any atom is -0.493 e. The van der Waals surface area contributed by atoms with Gasteiger partial charge in [0.2, 0.25) is 5.91 Å². The number of nitrogens with one attached hydrogen (secondary N) is 2. The molecule has 1 aromatic carbocycles. The quantitative estimate of drug-likeness (QED) is 0.233. The third-order valence-electron chi connectivity index (χ3n) is 5.88. The Bertz CT molecular complexity index is 737. The van der Waals surface area contributed by atoms with Crippen molar-refractivity contribution in [1.29, 1.82) is 0 Å². The molecule has 10 heteroatoms. The summed E-state index contributed by atoms with van der Waals surface area (Å²) < 4.78 is 15.8. The van der Waals surface area contributed by atoms with Crippen molar-refractivity contribution in [2.45, 2.75) is 58.3 Å². The first-order chi connectivity index (χ1) is 16.2. The number of carbonyl (C=O) groups excluding carboxylic acids is 2. The summed E-state index contributed by atoms with van der Waals surface area (Å²) in [7, 11) is 3.11. The third kappa shape index (κ3) is 12.6. The van der Waals surface area contributed by atoms with Crippen LogP contribution in [-0.2, 0) is 14.3 Å². The molecule has 0 saturated heterocycles. The van der Waals surface area contributed by atoms with Crippen molar-refractivity contribution in [1.82, 2.24) is 10.6 Å². The molecule has 9 nitrogen and oxygen atoms in total. The van der Waals surface area contributed by atoms with Crippen LogP contribution in [0.4, 0.5) is 0 Å². The molecule has 35 heavy (non-hydrogen) atoms. The number of amides is 2. The fourth-order valence-corrected chi connectivity index (χ4v) is 3.33. The van der Waals surface area contributed by atoms with Crippen LogP contribution in [0.25, 0.3) is 0 Å². The van der Waals surface area contributed by atoms with E-state index in [1.54, 1.807) is 32.2 Å². The number of halogens is 1. The average molecular weight is 518 g/mol. The Labute approximate surface area is 215 Å². The van der Waals surface area contributed by atoms with Crippen LogP contribution in [0.15, 0.2) is 24.3 Å². The van der Waals surface area contributed by atoms with E-state index >= 15 is 0 Å². The molecule has 0 saturated carbocycles. The maximum atomic E-state index is 12.9. The SMILES string of the molecule is COCCCCOc1ccccc1C(=O)NC[C@@H](C[C@H](N)[C@@H](O)CNC(=O)C(C)OC)C(C)C.Cl. The molecule has 0 spiro atoms. The van der Waals surface area contributed by atoms with Crippen molar-refractivity contribution in [3.8, 4) is 5.75 Å². The molecule has 1 aromatic rings. The highest BCUT2D eigenvalue weighted by molar-refractivity contribution is 5.96. The highest BCUT2D eigenvalue weighted by atomic mass is 35.5. The molecule has 202 valence electrons. The summed E-state index contributed by atoms with van der Waals surface area (Å²) in [5, 5.41) is 16.0. The van der Waals surface area contributed by atoms with Crippen molar-refractivity contribution in [2.24, 2.45) is 17.6 Å². The molecule has 0 radical (unpaired) electrons. The van der Waals surface area contributed by atoms with Gasteiger partial charge < -0.3 is 35.7 Å². The Balaban J connectivity index is 0.0000116. The summed E-state index contributed by atoms with van der Waals surface area (Å²) in [6.45, 7) is 7.37. The Hall–Kier alpha value is -1.91. The zero-order valence-corrected chi connectivity index (χ0v) is 22.4. The molecule has 0 aliphatic heterocycles. The molecule has 0 aliphatic carbocycles. The van der Waals surface area contributed by atoms with Crippen molar-refractivity contribution in [2.75, 3.05) is 40.5 Å². The van der Waals surface area contributed by atoms with E-state index in [0.29, 0.717) is 37.5 Å². The molecule has 0 aromatic heterocycles. The van der Waals surface area contributed by atoms with Gasteiger partial charge in [0.25, 0.3) is 5.91 Å². The number of ether oxygens (including phenoxy) is 3. The van der Waals surface area contributed by atoms with Crippen LogP contribution in [0.1, 0.15) is 50.4 Å². The second kappa shape index (κ2) is 18.4. The molecule has 2 amide bonds. The average Bonchev–Trinajstić information content (AvgIpc) is 2.83. The van der Waals surface area contributed by atoms with E-state index in [4.69, 9.17) is 19.9 Å². The fourth-order valence-electron chi connectivity index (χ4n) is 3.33. The summed E-state index contributed by atoms with van der Waals surface area (Å²) in [6.07, 6.45) is 0.718. The van der Waals surface area contributed by atoms with E-state index in [0.717, 1.165) is 12.8 Å². The lowest BCUT2D eigenvalue weighted by Gasteiger charge is -2.27. The third-order valence-corrected chi connectivity index (χ3v) is 5.88. The van der Waals surface area contributed by atoms with Gasteiger partial charge in [0.15, 0.2) is 0 Å². The van der Waals surface area contributed by atoms with E-state index in [2.05, 4.69) is 24.5 Å². The van der Waals surface area contributed by atoms with Crippen LogP contribution in [0.5, 0.6) is 5.75 Å². The number of benzene rings is 1. The second-order valence-electron chi connectivity index (χ2n) is 8.85. The van der Waals surface area contributed by atoms with E-state index in [1.165, 1.54) is 7.11 Å². The van der Waals surface area contributed by atoms with Gasteiger partial charge in [-0.3, -0.25) is 9.59 Å². The van der Waals surface area contributed by atoms with Gasteiger partial charge in [-0.15, -0.1) is 12.4 Å². The van der Waals surface area contributed by atoms with Crippen LogP contribution in [-0.4, -0.2) is 75.7 Å². The highest BCUT2D eigenvalue weighted by Crippen LogP contribution is 2.20. The second-order valence-corrected chi connectivity index (χ2v) is 8.85. The number of aliphatic hydroxyl groups excluding tert-OH is 1. The van der Waals surface area contributed by atoms with Gasteiger partial charge in [-0.25, -0.2) is 0 Å². The van der Waals surface area contributed by atoms with Gasteiger partial charge in [0.1, 0.15) is 11.9 Å². The normalized spacial score (nSPS) is 14.4. The Kier molecular flexibility index (Phi) is 17.4. The summed E-state index contributed by atoms with van der Waals surface area (Å²) >= 11 is 0. The smallest absolute Gasteiger partial charge is 0.255 e. The van der Waals surface area contributed by atoms with Crippen molar-refractivity contribution < 1.29 is 28.9 Å². The summed E-state index contributed by atoms with van der Waals surface area (Å²) in [6, 6.07) is 6.62. The van der Waals surface area contributed by atoms with Gasteiger partial charge in [-0.2, -0.15) is 0 Å². The number of unbranched alkanes of at least 4 members (excludes halogenated alkanes) is 1. The van der Waals surface area contributed by atoms with Crippen molar-refractivity contribution in [3.05, 3.63) is 29.8 Å². The first-order valence-corrected chi connectivity index (χ1v) is 11.9. The maximum Gasteiger partial charge on any atom is 0.255 e. The number of rotatable bonds is 17. The topological polar surface area (TPSA) is 132 Å². The zero-order valence-electron chi connectivity index (χ0n) is 21.6. The molecule has 1 unspecified atom stereocenters. The number of aliphatic hydroxyl groups is 1. The molecular formula is C25H44ClN3O6. The predicted octanol–water partition coefficient (Wildman–Crippen LogP) is 2.15. The molecule has 0 fully saturated rings. The van der Waals surface area contributed by atoms with Crippen LogP contribution < -0.4 is 21.1 Å². The molecule has 0 aliphatic rings. The summed E-state index contributed by atoms with van der Waals surface area (Å²) in [4.78, 5) is 24.7. The number of para-hydroxylation sites is 1. The van der Waals surface area contributed by atoms with Crippen LogP contribution in [0.3, 0.4) is 0 Å². The van der Waals surface area contributed by atoms with Crippen LogP contribution >= 0.6 is 12.4 Å². The molecule has 1 rings (SSSR count). The first-order valence-electron chi connectivity index (χ1n) is 11.9. The van der Waals surface area contributed by atoms with E-state index in [1.807, 2.05) is 6.07 Å². The van der Waals surface area contributed by atoms with Gasteiger partial charge in [0, 0.05) is 40.0 Å². The van der Waals surface area contributed by atoms with Gasteiger partial charge >= 0.3 is 0 Å². The van der Waals surface area contributed by atoms with Crippen LogP contribution in [0, 0.1) is 11.8 Å². The Morgan fingerprint density at radius 2 is 1.69 bits per heavy atom. The molecule has 4 atom stereocenters. The van der Waals surface area contributed by atoms with E-state index in [-0.39, 0.29) is 42.6 Å². The summed E-state index contributed by atoms with van der Waals surface area (Å²) in [5.74, 6) is 0.305. The Morgan fingerprint density at radius 3 is 2.31 bits per heavy atom. The van der Waals surface area contributed by atoms with Crippen molar-refractivity contribution in [3.63, 3.8) is 0 Å². The van der Waals surface area contributed by atoms with Gasteiger partial charge in [-0.1, -0.05) is 26.0 Å². The zero-order chi connectivity index (χ0) is 25.5. The lowest BCUT2D eigenvalue weighted by molar-refractivity contribution is -0.130. The molecule has 0 heterocycles. The van der Waals surface area contributed by atoms with Gasteiger partial charge in [0.05, 0.1) is 18.3 Å². The number of nitrogens with two attached hydrogens (primary N) is 1. The monoisotopic (exact) mass is 517 g/mol. The number of carbonyl (C=O) groups is 2. The van der Waals surface area contributed by atoms with E-state index in [9.17, 15) is 14.7 Å². The number of hydrogen-bond acceptors (Lipinski definition) is 7. The lowest BCUT2D eigenvalue weighted by Crippen LogP contribution is -2.47. The van der Waals surface area contributed by atoms with Crippen molar-refractivity contribution >= 4 is 24.2 Å². The number of hydrogen-bond donors (Lipinski definition) is 4. The molecule has 5 N–H and O–H groups in total. The van der Waals surface area contributed by atoms with Gasteiger partial charge in [-0.05, 0) is 50.2 Å². The highest BCUT2D eigenvalue weighted by Gasteiger charge is 2.24. The standard InChI is InChI=1S/C25H43N3O6.ClH/c1-17(2)19(14-21(26)22(29)16-28-24(30)18(3)33-5)15-27-25(31)20-10-6-7-11-23(20)34-13-9-8-12-32-4;/h6-7,10-11,17-19,21-22,29H,8-9,12-16,26H2,1-5H3,(H,27,31)(H,28,30);1H/t18?,19-,21+,22+;/m1./s1. The molecule has 0 bridgehead atoms. The largest absolute Gasteiger partial charge is 0.493 e. The lowest BCUT2D eigenvalue weighted by atomic mass is 9.87. The molecular weight excluding hydrogens is 474 g/mol. The first kappa shape index (κ1) is 33.1. The fraction of sp³-hybridized carbons (Fsp3) is 0.680.